The van der Waals surface area contributed by atoms with Crippen molar-refractivity contribution in [3.05, 3.63) is 68.8 Å². The Balaban J connectivity index is 1.42. The van der Waals surface area contributed by atoms with Crippen LogP contribution in [0.15, 0.2) is 39.5 Å². The van der Waals surface area contributed by atoms with E-state index in [0.29, 0.717) is 31.3 Å². The van der Waals surface area contributed by atoms with E-state index in [1.807, 2.05) is 30.3 Å². The molecule has 1 aromatic heterocycles. The number of fused-ring (bicyclic) bond motifs is 1. The van der Waals surface area contributed by atoms with Crippen molar-refractivity contribution in [2.45, 2.75) is 95.6 Å². The van der Waals surface area contributed by atoms with Crippen LogP contribution in [-0.2, 0) is 24.3 Å². The molecule has 5 rings (SSSR count). The maximum absolute atomic E-state index is 13.3. The first kappa shape index (κ1) is 22.2. The molecule has 2 fully saturated rings. The number of ether oxygens (including phenoxy) is 1. The van der Waals surface area contributed by atoms with E-state index in [4.69, 9.17) is 9.15 Å². The Hall–Kier alpha value is -2.56. The van der Waals surface area contributed by atoms with Gasteiger partial charge in [-0.15, -0.1) is 0 Å². The van der Waals surface area contributed by atoms with Crippen LogP contribution in [0.5, 0.6) is 0 Å². The Morgan fingerprint density at radius 1 is 0.909 bits per heavy atom. The van der Waals surface area contributed by atoms with Crippen LogP contribution >= 0.6 is 0 Å². The molecule has 2 aromatic rings. The van der Waals surface area contributed by atoms with Gasteiger partial charge in [0.05, 0.1) is 6.54 Å². The molecular formula is C28H35NO4. The summed E-state index contributed by atoms with van der Waals surface area (Å²) in [6, 6.07) is 9.78. The van der Waals surface area contributed by atoms with Crippen molar-refractivity contribution in [2.75, 3.05) is 6.54 Å². The van der Waals surface area contributed by atoms with Crippen molar-refractivity contribution >= 4 is 6.09 Å². The number of rotatable bonds is 4. The third-order valence-corrected chi connectivity index (χ3v) is 7.84. The zero-order chi connectivity index (χ0) is 22.6. The smallest absolute Gasteiger partial charge is 0.410 e. The van der Waals surface area contributed by atoms with Gasteiger partial charge in [0, 0.05) is 23.6 Å². The minimum absolute atomic E-state index is 0.110. The summed E-state index contributed by atoms with van der Waals surface area (Å²) >= 11 is 0. The molecule has 0 unspecified atom stereocenters. The van der Waals surface area contributed by atoms with Crippen LogP contribution in [0.25, 0.3) is 0 Å². The third kappa shape index (κ3) is 4.87. The Morgan fingerprint density at radius 3 is 2.27 bits per heavy atom. The second kappa shape index (κ2) is 10.1. The van der Waals surface area contributed by atoms with Crippen LogP contribution in [0.3, 0.4) is 0 Å². The van der Waals surface area contributed by atoms with E-state index in [9.17, 15) is 9.59 Å². The standard InChI is InChI=1S/C28H35NO4/c30-27-25(21-12-6-2-7-13-21)23-16-17-29(28(31)32-19-20-10-4-1-5-11-20)18-24(23)26(33-27)22-14-8-3-9-15-22/h1,4-5,10-11,21-22H,2-3,6-9,12-19H2. The van der Waals surface area contributed by atoms with Gasteiger partial charge in [-0.05, 0) is 49.1 Å². The van der Waals surface area contributed by atoms with E-state index >= 15 is 0 Å². The molecule has 0 spiro atoms. The van der Waals surface area contributed by atoms with Crippen molar-refractivity contribution in [2.24, 2.45) is 0 Å². The van der Waals surface area contributed by atoms with Crippen LogP contribution in [0, 0.1) is 0 Å². The maximum atomic E-state index is 13.3. The highest BCUT2D eigenvalue weighted by atomic mass is 16.6. The fraction of sp³-hybridized carbons (Fsp3) is 0.571. The van der Waals surface area contributed by atoms with Gasteiger partial charge in [-0.3, -0.25) is 0 Å². The van der Waals surface area contributed by atoms with Gasteiger partial charge in [-0.1, -0.05) is 68.9 Å². The molecular weight excluding hydrogens is 414 g/mol. The molecule has 2 heterocycles. The van der Waals surface area contributed by atoms with Crippen LogP contribution in [0.2, 0.25) is 0 Å². The lowest BCUT2D eigenvalue weighted by molar-refractivity contribution is 0.0909. The van der Waals surface area contributed by atoms with Crippen LogP contribution < -0.4 is 5.63 Å². The van der Waals surface area contributed by atoms with Crippen LogP contribution in [0.4, 0.5) is 4.79 Å². The average molecular weight is 450 g/mol. The second-order valence-corrected chi connectivity index (χ2v) is 10.0. The molecule has 33 heavy (non-hydrogen) atoms. The van der Waals surface area contributed by atoms with Crippen LogP contribution in [-0.4, -0.2) is 17.5 Å². The average Bonchev–Trinajstić information content (AvgIpc) is 2.88. The summed E-state index contributed by atoms with van der Waals surface area (Å²) in [5, 5.41) is 0. The molecule has 2 saturated carbocycles. The van der Waals surface area contributed by atoms with Gasteiger partial charge in [0.1, 0.15) is 12.4 Å². The first-order chi connectivity index (χ1) is 16.2. The summed E-state index contributed by atoms with van der Waals surface area (Å²) < 4.78 is 11.8. The number of hydrogen-bond donors (Lipinski definition) is 0. The fourth-order valence-electron chi connectivity index (χ4n) is 6.09. The molecule has 0 N–H and O–H groups in total. The minimum Gasteiger partial charge on any atom is -0.445 e. The SMILES string of the molecule is O=C(OCc1ccccc1)N1CCc2c(c(C3CCCCC3)oc(=O)c2C2CCCCC2)C1. The lowest BCUT2D eigenvalue weighted by atomic mass is 9.78. The molecule has 176 valence electrons. The summed E-state index contributed by atoms with van der Waals surface area (Å²) in [4.78, 5) is 28.0. The number of carbonyl (C=O) groups excluding carboxylic acids is 1. The molecule has 5 nitrogen and oxygen atoms in total. The Labute approximate surface area is 196 Å². The normalized spacial score (nSPS) is 19.8. The molecule has 1 aromatic carbocycles. The highest BCUT2D eigenvalue weighted by molar-refractivity contribution is 5.68. The zero-order valence-corrected chi connectivity index (χ0v) is 19.5. The summed E-state index contributed by atoms with van der Waals surface area (Å²) in [5.41, 5.74) is 4.08. The van der Waals surface area contributed by atoms with Gasteiger partial charge >= 0.3 is 11.7 Å². The topological polar surface area (TPSA) is 59.8 Å². The number of carbonyl (C=O) groups is 1. The highest BCUT2D eigenvalue weighted by Gasteiger charge is 2.34. The molecule has 2 aliphatic carbocycles. The predicted molar refractivity (Wildman–Crippen MR) is 127 cm³/mol. The Kier molecular flexibility index (Phi) is 6.84. The fourth-order valence-corrected chi connectivity index (χ4v) is 6.09. The zero-order valence-electron chi connectivity index (χ0n) is 19.5. The first-order valence-electron chi connectivity index (χ1n) is 12.8. The molecule has 0 atom stereocenters. The van der Waals surface area contributed by atoms with Gasteiger partial charge in [0.2, 0.25) is 0 Å². The van der Waals surface area contributed by atoms with Gasteiger partial charge in [0.15, 0.2) is 0 Å². The van der Waals surface area contributed by atoms with E-state index in [1.165, 1.54) is 44.1 Å². The highest BCUT2D eigenvalue weighted by Crippen LogP contribution is 2.40. The molecule has 0 bridgehead atoms. The first-order valence-corrected chi connectivity index (χ1v) is 12.8. The van der Waals surface area contributed by atoms with E-state index in [0.717, 1.165) is 48.1 Å². The van der Waals surface area contributed by atoms with Gasteiger partial charge in [-0.2, -0.15) is 0 Å². The molecule has 1 aliphatic heterocycles. The van der Waals surface area contributed by atoms with Crippen molar-refractivity contribution in [1.82, 2.24) is 4.90 Å². The Morgan fingerprint density at radius 2 is 1.58 bits per heavy atom. The van der Waals surface area contributed by atoms with Crippen molar-refractivity contribution in [1.29, 1.82) is 0 Å². The van der Waals surface area contributed by atoms with Crippen LogP contribution in [0.1, 0.15) is 104 Å². The molecule has 5 heteroatoms. The van der Waals surface area contributed by atoms with Crippen molar-refractivity contribution < 1.29 is 13.9 Å². The summed E-state index contributed by atoms with van der Waals surface area (Å²) in [6.07, 6.45) is 11.9. The summed E-state index contributed by atoms with van der Waals surface area (Å²) in [7, 11) is 0. The van der Waals surface area contributed by atoms with Gasteiger partial charge in [-0.25, -0.2) is 9.59 Å². The number of nitrogens with zero attached hydrogens (tertiary/aromatic N) is 1. The quantitative estimate of drug-likeness (QED) is 0.540. The Bertz CT molecular complexity index is 1020. The van der Waals surface area contributed by atoms with E-state index in [1.54, 1.807) is 4.90 Å². The number of amides is 1. The van der Waals surface area contributed by atoms with Crippen molar-refractivity contribution in [3.63, 3.8) is 0 Å². The lowest BCUT2D eigenvalue weighted by Crippen LogP contribution is -2.39. The number of benzene rings is 1. The molecule has 3 aliphatic rings. The molecule has 0 saturated heterocycles. The number of hydrogen-bond acceptors (Lipinski definition) is 4. The second-order valence-electron chi connectivity index (χ2n) is 10.0. The molecule has 0 radical (unpaired) electrons. The monoisotopic (exact) mass is 449 g/mol. The van der Waals surface area contributed by atoms with Gasteiger partial charge in [0.25, 0.3) is 0 Å². The van der Waals surface area contributed by atoms with E-state index in [-0.39, 0.29) is 18.3 Å². The summed E-state index contributed by atoms with van der Waals surface area (Å²) in [5.74, 6) is 1.46. The lowest BCUT2D eigenvalue weighted by Gasteiger charge is -2.34. The maximum Gasteiger partial charge on any atom is 0.410 e. The van der Waals surface area contributed by atoms with Gasteiger partial charge < -0.3 is 14.1 Å². The van der Waals surface area contributed by atoms with E-state index < -0.39 is 0 Å². The van der Waals surface area contributed by atoms with E-state index in [2.05, 4.69) is 0 Å². The summed E-state index contributed by atoms with van der Waals surface area (Å²) in [6.45, 7) is 1.35. The third-order valence-electron chi connectivity index (χ3n) is 7.84. The largest absolute Gasteiger partial charge is 0.445 e. The predicted octanol–water partition coefficient (Wildman–Crippen LogP) is 6.43. The minimum atomic E-state index is -0.287. The molecule has 1 amide bonds. The van der Waals surface area contributed by atoms with Crippen molar-refractivity contribution in [3.8, 4) is 0 Å².